The predicted octanol–water partition coefficient (Wildman–Crippen LogP) is 1.89. The van der Waals surface area contributed by atoms with E-state index >= 15 is 0 Å². The monoisotopic (exact) mass is 273 g/mol. The Morgan fingerprint density at radius 2 is 2.06 bits per heavy atom. The van der Waals surface area contributed by atoms with Crippen molar-refractivity contribution in [3.63, 3.8) is 0 Å². The van der Waals surface area contributed by atoms with E-state index in [4.69, 9.17) is 4.74 Å². The number of halogens is 1. The Bertz CT molecular complexity index is 569. The maximum atomic E-state index is 13.2. The molecule has 18 heavy (non-hydrogen) atoms. The smallest absolute Gasteiger partial charge is 0.245 e. The van der Waals surface area contributed by atoms with Gasteiger partial charge < -0.3 is 4.74 Å². The topological polar surface area (TPSA) is 46.6 Å². The fourth-order valence-corrected chi connectivity index (χ4v) is 3.66. The van der Waals surface area contributed by atoms with E-state index in [0.29, 0.717) is 12.2 Å². The van der Waals surface area contributed by atoms with Gasteiger partial charge in [-0.25, -0.2) is 12.8 Å². The zero-order chi connectivity index (χ0) is 13.6. The first kappa shape index (κ1) is 13.5. The SMILES string of the molecule is Cc1cc(S(=O)(=O)N2COCC2(C)C)ccc1F. The van der Waals surface area contributed by atoms with Crippen LogP contribution in [0.5, 0.6) is 0 Å². The van der Waals surface area contributed by atoms with E-state index in [1.807, 2.05) is 0 Å². The van der Waals surface area contributed by atoms with E-state index in [2.05, 4.69) is 0 Å². The molecule has 100 valence electrons. The second-order valence-corrected chi connectivity index (χ2v) is 6.92. The number of hydrogen-bond acceptors (Lipinski definition) is 3. The van der Waals surface area contributed by atoms with Crippen LogP contribution >= 0.6 is 0 Å². The quantitative estimate of drug-likeness (QED) is 0.826. The van der Waals surface area contributed by atoms with Gasteiger partial charge in [0.1, 0.15) is 12.5 Å². The van der Waals surface area contributed by atoms with Gasteiger partial charge in [-0.05, 0) is 44.5 Å². The molecule has 4 nitrogen and oxygen atoms in total. The summed E-state index contributed by atoms with van der Waals surface area (Å²) in [5, 5.41) is 0. The molecule has 1 fully saturated rings. The summed E-state index contributed by atoms with van der Waals surface area (Å²) in [6.45, 7) is 5.53. The van der Waals surface area contributed by atoms with Crippen molar-refractivity contribution in [3.05, 3.63) is 29.6 Å². The average Bonchev–Trinajstić information content (AvgIpc) is 2.62. The van der Waals surface area contributed by atoms with Gasteiger partial charge in [0.05, 0.1) is 17.0 Å². The second-order valence-electron chi connectivity index (χ2n) is 5.05. The number of sulfonamides is 1. The summed E-state index contributed by atoms with van der Waals surface area (Å²) < 4.78 is 44.6. The fourth-order valence-electron chi connectivity index (χ4n) is 1.92. The molecule has 6 heteroatoms. The van der Waals surface area contributed by atoms with Crippen LogP contribution in [0, 0.1) is 12.7 Å². The van der Waals surface area contributed by atoms with Gasteiger partial charge in [0.2, 0.25) is 10.0 Å². The van der Waals surface area contributed by atoms with Crippen LogP contribution in [0.1, 0.15) is 19.4 Å². The van der Waals surface area contributed by atoms with Crippen LogP contribution in [-0.2, 0) is 14.8 Å². The van der Waals surface area contributed by atoms with E-state index in [1.165, 1.54) is 22.5 Å². The lowest BCUT2D eigenvalue weighted by molar-refractivity contribution is 0.171. The Hall–Kier alpha value is -0.980. The highest BCUT2D eigenvalue weighted by molar-refractivity contribution is 7.89. The highest BCUT2D eigenvalue weighted by Crippen LogP contribution is 2.29. The van der Waals surface area contributed by atoms with E-state index in [0.717, 1.165) is 0 Å². The molecular weight excluding hydrogens is 257 g/mol. The third kappa shape index (κ3) is 2.15. The van der Waals surface area contributed by atoms with E-state index in [9.17, 15) is 12.8 Å². The molecule has 1 aromatic rings. The van der Waals surface area contributed by atoms with Gasteiger partial charge in [0, 0.05) is 0 Å². The Labute approximate surface area is 106 Å². The van der Waals surface area contributed by atoms with Crippen molar-refractivity contribution in [1.82, 2.24) is 4.31 Å². The average molecular weight is 273 g/mol. The van der Waals surface area contributed by atoms with Crippen LogP contribution in [-0.4, -0.2) is 31.6 Å². The van der Waals surface area contributed by atoms with Crippen molar-refractivity contribution in [2.75, 3.05) is 13.3 Å². The molecule has 1 saturated heterocycles. The summed E-state index contributed by atoms with van der Waals surface area (Å²) in [5.74, 6) is -0.411. The maximum Gasteiger partial charge on any atom is 0.245 e. The second kappa shape index (κ2) is 4.29. The van der Waals surface area contributed by atoms with Crippen LogP contribution in [0.25, 0.3) is 0 Å². The number of rotatable bonds is 2. The molecule has 0 N–H and O–H groups in total. The zero-order valence-corrected chi connectivity index (χ0v) is 11.4. The van der Waals surface area contributed by atoms with Crippen molar-refractivity contribution < 1.29 is 17.5 Å². The van der Waals surface area contributed by atoms with Crippen molar-refractivity contribution >= 4 is 10.0 Å². The number of aryl methyl sites for hydroxylation is 1. The van der Waals surface area contributed by atoms with Gasteiger partial charge in [-0.3, -0.25) is 0 Å². The molecule has 1 heterocycles. The zero-order valence-electron chi connectivity index (χ0n) is 10.6. The normalized spacial score (nSPS) is 20.2. The third-order valence-electron chi connectivity index (χ3n) is 3.06. The summed E-state index contributed by atoms with van der Waals surface area (Å²) in [7, 11) is -3.64. The van der Waals surface area contributed by atoms with Gasteiger partial charge in [0.15, 0.2) is 0 Å². The Morgan fingerprint density at radius 3 is 2.56 bits per heavy atom. The van der Waals surface area contributed by atoms with Gasteiger partial charge in [0.25, 0.3) is 0 Å². The minimum absolute atomic E-state index is 0.0335. The van der Waals surface area contributed by atoms with Gasteiger partial charge >= 0.3 is 0 Å². The Balaban J connectivity index is 2.45. The first-order valence-corrected chi connectivity index (χ1v) is 7.06. The predicted molar refractivity (Wildman–Crippen MR) is 65.1 cm³/mol. The number of benzene rings is 1. The lowest BCUT2D eigenvalue weighted by Crippen LogP contribution is -2.44. The van der Waals surface area contributed by atoms with Crippen molar-refractivity contribution in [3.8, 4) is 0 Å². The van der Waals surface area contributed by atoms with Gasteiger partial charge in [-0.2, -0.15) is 4.31 Å². The number of nitrogens with zero attached hydrogens (tertiary/aromatic N) is 1. The minimum atomic E-state index is -3.64. The van der Waals surface area contributed by atoms with E-state index in [-0.39, 0.29) is 11.6 Å². The Morgan fingerprint density at radius 1 is 1.39 bits per heavy atom. The Kier molecular flexibility index (Phi) is 3.21. The van der Waals surface area contributed by atoms with E-state index < -0.39 is 21.4 Å². The molecular formula is C12H16FNO3S. The molecule has 0 atom stereocenters. The number of ether oxygens (including phenoxy) is 1. The summed E-state index contributed by atoms with van der Waals surface area (Å²) >= 11 is 0. The molecule has 0 bridgehead atoms. The summed E-state index contributed by atoms with van der Waals surface area (Å²) in [6, 6.07) is 3.80. The highest BCUT2D eigenvalue weighted by Gasteiger charge is 2.42. The summed E-state index contributed by atoms with van der Waals surface area (Å²) in [6.07, 6.45) is 0. The molecule has 0 amide bonds. The van der Waals surface area contributed by atoms with Crippen LogP contribution < -0.4 is 0 Å². The van der Waals surface area contributed by atoms with Crippen LogP contribution in [0.3, 0.4) is 0 Å². The summed E-state index contributed by atoms with van der Waals surface area (Å²) in [5.41, 5.74) is -0.268. The third-order valence-corrected chi connectivity index (χ3v) is 5.09. The molecule has 1 aliphatic heterocycles. The van der Waals surface area contributed by atoms with Gasteiger partial charge in [-0.1, -0.05) is 0 Å². The molecule has 0 aliphatic carbocycles. The first-order valence-electron chi connectivity index (χ1n) is 5.62. The van der Waals surface area contributed by atoms with Crippen LogP contribution in [0.15, 0.2) is 23.1 Å². The van der Waals surface area contributed by atoms with Crippen molar-refractivity contribution in [2.24, 2.45) is 0 Å². The largest absolute Gasteiger partial charge is 0.363 e. The minimum Gasteiger partial charge on any atom is -0.363 e. The van der Waals surface area contributed by atoms with Crippen LogP contribution in [0.2, 0.25) is 0 Å². The fraction of sp³-hybridized carbons (Fsp3) is 0.500. The molecule has 2 rings (SSSR count). The van der Waals surface area contributed by atoms with Crippen molar-refractivity contribution in [2.45, 2.75) is 31.2 Å². The maximum absolute atomic E-state index is 13.2. The number of hydrogen-bond donors (Lipinski definition) is 0. The van der Waals surface area contributed by atoms with Gasteiger partial charge in [-0.15, -0.1) is 0 Å². The van der Waals surface area contributed by atoms with Crippen LogP contribution in [0.4, 0.5) is 4.39 Å². The standard InChI is InChI=1S/C12H16FNO3S/c1-9-6-10(4-5-11(9)13)18(15,16)14-8-17-7-12(14,2)3/h4-6H,7-8H2,1-3H3. The molecule has 0 spiro atoms. The van der Waals surface area contributed by atoms with Crippen molar-refractivity contribution in [1.29, 1.82) is 0 Å². The molecule has 1 aromatic carbocycles. The molecule has 1 aliphatic rings. The molecule has 0 unspecified atom stereocenters. The molecule has 0 saturated carbocycles. The first-order chi connectivity index (χ1) is 8.25. The lowest BCUT2D eigenvalue weighted by atomic mass is 10.1. The van der Waals surface area contributed by atoms with E-state index in [1.54, 1.807) is 20.8 Å². The lowest BCUT2D eigenvalue weighted by Gasteiger charge is -2.28. The highest BCUT2D eigenvalue weighted by atomic mass is 32.2. The molecule has 0 aromatic heterocycles. The summed E-state index contributed by atoms with van der Waals surface area (Å²) in [4.78, 5) is 0.0972. The molecule has 0 radical (unpaired) electrons.